The maximum atomic E-state index is 12.4. The zero-order valence-electron chi connectivity index (χ0n) is 13.8. The fourth-order valence-corrected chi connectivity index (χ4v) is 2.88. The van der Waals surface area contributed by atoms with E-state index in [-0.39, 0.29) is 12.0 Å². The minimum Gasteiger partial charge on any atom is -0.378 e. The molecule has 0 saturated heterocycles. The third-order valence-corrected chi connectivity index (χ3v) is 4.15. The topological polar surface area (TPSA) is 63.1 Å². The van der Waals surface area contributed by atoms with Gasteiger partial charge in [-0.1, -0.05) is 12.1 Å². The molecule has 134 valence electrons. The number of halogens is 3. The number of hydrogen-bond donors (Lipinski definition) is 1. The first-order valence-electron chi connectivity index (χ1n) is 7.86. The van der Waals surface area contributed by atoms with Gasteiger partial charge in [0.1, 0.15) is 5.82 Å². The second-order valence-electron chi connectivity index (χ2n) is 6.14. The van der Waals surface area contributed by atoms with Gasteiger partial charge < -0.3 is 4.90 Å². The number of carbonyl (C=O) groups is 1. The SMILES string of the molecule is CN(C)c1ccc(C2CCCc3nc(NC(=O)C(F)(F)F)nn32)cc1. The summed E-state index contributed by atoms with van der Waals surface area (Å²) in [5.41, 5.74) is 2.06. The first-order valence-corrected chi connectivity index (χ1v) is 7.86. The van der Waals surface area contributed by atoms with E-state index in [4.69, 9.17) is 0 Å². The average Bonchev–Trinajstić information content (AvgIpc) is 2.96. The van der Waals surface area contributed by atoms with Crippen molar-refractivity contribution < 1.29 is 18.0 Å². The van der Waals surface area contributed by atoms with E-state index in [9.17, 15) is 18.0 Å². The molecule has 1 unspecified atom stereocenters. The molecule has 1 aliphatic heterocycles. The number of nitrogens with one attached hydrogen (secondary N) is 1. The summed E-state index contributed by atoms with van der Waals surface area (Å²) in [6.07, 6.45) is -2.69. The Morgan fingerprint density at radius 1 is 1.28 bits per heavy atom. The lowest BCUT2D eigenvalue weighted by Crippen LogP contribution is -2.30. The highest BCUT2D eigenvalue weighted by molar-refractivity contribution is 5.93. The van der Waals surface area contributed by atoms with Crippen LogP contribution in [0.2, 0.25) is 0 Å². The molecule has 3 rings (SSSR count). The quantitative estimate of drug-likeness (QED) is 0.922. The normalized spacial score (nSPS) is 17.1. The van der Waals surface area contributed by atoms with E-state index in [0.29, 0.717) is 12.2 Å². The highest BCUT2D eigenvalue weighted by Gasteiger charge is 2.39. The molecular formula is C16H18F3N5O. The van der Waals surface area contributed by atoms with Gasteiger partial charge in [-0.3, -0.25) is 10.1 Å². The monoisotopic (exact) mass is 353 g/mol. The molecule has 6 nitrogen and oxygen atoms in total. The summed E-state index contributed by atoms with van der Waals surface area (Å²) in [5.74, 6) is -1.80. The first-order chi connectivity index (χ1) is 11.8. The Hall–Kier alpha value is -2.58. The number of fused-ring (bicyclic) bond motifs is 1. The molecule has 0 aliphatic carbocycles. The zero-order chi connectivity index (χ0) is 18.2. The highest BCUT2D eigenvalue weighted by atomic mass is 19.4. The van der Waals surface area contributed by atoms with Crippen molar-refractivity contribution in [1.82, 2.24) is 14.8 Å². The standard InChI is InChI=1S/C16H18F3N5O/c1-23(2)11-8-6-10(7-9-11)12-4-3-5-13-20-15(22-24(12)13)21-14(25)16(17,18)19/h6-9,12H,3-5H2,1-2H3,(H,21,22,25). The molecule has 0 saturated carbocycles. The predicted octanol–water partition coefficient (Wildman–Crippen LogP) is 2.77. The van der Waals surface area contributed by atoms with Crippen LogP contribution in [0, 0.1) is 0 Å². The highest BCUT2D eigenvalue weighted by Crippen LogP contribution is 2.31. The Labute approximate surface area is 142 Å². The van der Waals surface area contributed by atoms with Crippen LogP contribution in [-0.2, 0) is 11.2 Å². The summed E-state index contributed by atoms with van der Waals surface area (Å²) < 4.78 is 38.8. The number of rotatable bonds is 3. The number of benzene rings is 1. The van der Waals surface area contributed by atoms with Crippen molar-refractivity contribution in [3.8, 4) is 0 Å². The summed E-state index contributed by atoms with van der Waals surface area (Å²) in [7, 11) is 3.89. The maximum Gasteiger partial charge on any atom is 0.471 e. The molecular weight excluding hydrogens is 335 g/mol. The molecule has 1 aromatic carbocycles. The van der Waals surface area contributed by atoms with E-state index < -0.39 is 12.1 Å². The van der Waals surface area contributed by atoms with Crippen molar-refractivity contribution in [3.05, 3.63) is 35.7 Å². The number of aromatic nitrogens is 3. The zero-order valence-corrected chi connectivity index (χ0v) is 13.8. The molecule has 0 bridgehead atoms. The van der Waals surface area contributed by atoms with E-state index in [1.54, 1.807) is 10.00 Å². The second-order valence-corrected chi connectivity index (χ2v) is 6.14. The van der Waals surface area contributed by atoms with Crippen molar-refractivity contribution >= 4 is 17.5 Å². The van der Waals surface area contributed by atoms with Crippen LogP contribution >= 0.6 is 0 Å². The van der Waals surface area contributed by atoms with E-state index >= 15 is 0 Å². The molecule has 2 aromatic rings. The van der Waals surface area contributed by atoms with Crippen LogP contribution in [0.15, 0.2) is 24.3 Å². The lowest BCUT2D eigenvalue weighted by molar-refractivity contribution is -0.167. The first kappa shape index (κ1) is 17.2. The van der Waals surface area contributed by atoms with Crippen LogP contribution in [0.25, 0.3) is 0 Å². The van der Waals surface area contributed by atoms with Crippen LogP contribution in [0.5, 0.6) is 0 Å². The van der Waals surface area contributed by atoms with Crippen molar-refractivity contribution in [3.63, 3.8) is 0 Å². The predicted molar refractivity (Wildman–Crippen MR) is 86.6 cm³/mol. The van der Waals surface area contributed by atoms with Gasteiger partial charge in [-0.2, -0.15) is 18.2 Å². The molecule has 2 heterocycles. The Kier molecular flexibility index (Phi) is 4.40. The van der Waals surface area contributed by atoms with Crippen molar-refractivity contribution in [2.75, 3.05) is 24.3 Å². The number of aryl methyl sites for hydroxylation is 1. The smallest absolute Gasteiger partial charge is 0.378 e. The van der Waals surface area contributed by atoms with Crippen LogP contribution in [-0.4, -0.2) is 40.9 Å². The number of alkyl halides is 3. The Morgan fingerprint density at radius 2 is 1.96 bits per heavy atom. The molecule has 0 radical (unpaired) electrons. The van der Waals surface area contributed by atoms with Crippen LogP contribution in [0.3, 0.4) is 0 Å². The summed E-state index contributed by atoms with van der Waals surface area (Å²) >= 11 is 0. The number of anilines is 2. The fourth-order valence-electron chi connectivity index (χ4n) is 2.88. The Bertz CT molecular complexity index is 767. The molecule has 0 spiro atoms. The third kappa shape index (κ3) is 3.59. The van der Waals surface area contributed by atoms with Crippen molar-refractivity contribution in [2.24, 2.45) is 0 Å². The fraction of sp³-hybridized carbons (Fsp3) is 0.438. The largest absolute Gasteiger partial charge is 0.471 e. The van der Waals surface area contributed by atoms with Gasteiger partial charge >= 0.3 is 12.1 Å². The van der Waals surface area contributed by atoms with E-state index in [2.05, 4.69) is 10.1 Å². The molecule has 1 atom stereocenters. The van der Waals surface area contributed by atoms with E-state index in [1.807, 2.05) is 43.3 Å². The van der Waals surface area contributed by atoms with Gasteiger partial charge in [-0.15, -0.1) is 5.10 Å². The van der Waals surface area contributed by atoms with Gasteiger partial charge in [0, 0.05) is 26.2 Å². The number of amides is 1. The molecule has 1 N–H and O–H groups in total. The van der Waals surface area contributed by atoms with Crippen LogP contribution in [0.1, 0.15) is 30.3 Å². The van der Waals surface area contributed by atoms with Gasteiger partial charge in [0.2, 0.25) is 5.95 Å². The van der Waals surface area contributed by atoms with Crippen LogP contribution < -0.4 is 10.2 Å². The summed E-state index contributed by atoms with van der Waals surface area (Å²) in [6.45, 7) is 0. The number of hydrogen-bond acceptors (Lipinski definition) is 4. The van der Waals surface area contributed by atoms with Gasteiger partial charge in [0.25, 0.3) is 0 Å². The van der Waals surface area contributed by atoms with Gasteiger partial charge in [-0.05, 0) is 30.5 Å². The Balaban J connectivity index is 1.85. The summed E-state index contributed by atoms with van der Waals surface area (Å²) in [5, 5.41) is 5.80. The minimum absolute atomic E-state index is 0.107. The summed E-state index contributed by atoms with van der Waals surface area (Å²) in [4.78, 5) is 17.1. The molecule has 1 aliphatic rings. The van der Waals surface area contributed by atoms with Gasteiger partial charge in [0.15, 0.2) is 0 Å². The number of nitrogens with zero attached hydrogens (tertiary/aromatic N) is 4. The molecule has 9 heteroatoms. The van der Waals surface area contributed by atoms with Gasteiger partial charge in [-0.25, -0.2) is 4.68 Å². The molecule has 1 aromatic heterocycles. The second kappa shape index (κ2) is 6.38. The van der Waals surface area contributed by atoms with Crippen molar-refractivity contribution in [1.29, 1.82) is 0 Å². The summed E-state index contributed by atoms with van der Waals surface area (Å²) in [6, 6.07) is 7.80. The van der Waals surface area contributed by atoms with E-state index in [1.165, 1.54) is 0 Å². The lowest BCUT2D eigenvalue weighted by atomic mass is 9.97. The lowest BCUT2D eigenvalue weighted by Gasteiger charge is -2.24. The average molecular weight is 353 g/mol. The third-order valence-electron chi connectivity index (χ3n) is 4.15. The Morgan fingerprint density at radius 3 is 2.56 bits per heavy atom. The maximum absolute atomic E-state index is 12.4. The molecule has 1 amide bonds. The van der Waals surface area contributed by atoms with Crippen LogP contribution in [0.4, 0.5) is 24.8 Å². The minimum atomic E-state index is -4.97. The molecule has 0 fully saturated rings. The number of carbonyl (C=O) groups excluding carboxylic acids is 1. The van der Waals surface area contributed by atoms with E-state index in [0.717, 1.165) is 24.1 Å². The van der Waals surface area contributed by atoms with Gasteiger partial charge in [0.05, 0.1) is 6.04 Å². The van der Waals surface area contributed by atoms with Crippen molar-refractivity contribution in [2.45, 2.75) is 31.5 Å². The molecule has 25 heavy (non-hydrogen) atoms.